The first-order chi connectivity index (χ1) is 57.1. The number of hydrogen-bond donors (Lipinski definition) is 0. The van der Waals surface area contributed by atoms with Crippen LogP contribution in [0.1, 0.15) is 167 Å². The lowest BCUT2D eigenvalue weighted by atomic mass is 9.88. The van der Waals surface area contributed by atoms with Gasteiger partial charge in [-0.2, -0.15) is 22.0 Å². The Morgan fingerprint density at radius 2 is 0.723 bits per heavy atom. The average Bonchev–Trinajstić information content (AvgIpc) is 1.60. The third-order valence-electron chi connectivity index (χ3n) is 22.7. The minimum atomic E-state index is -6.01. The second-order valence-electron chi connectivity index (χ2n) is 32.3. The van der Waals surface area contributed by atoms with Crippen LogP contribution in [0.2, 0.25) is 0 Å². The highest BCUT2D eigenvalue weighted by molar-refractivity contribution is 7.97. The quantitative estimate of drug-likeness (QED) is 0.0126. The molecular formula is C94H125F7NO14S3+3. The number of rotatable bonds is 33. The lowest BCUT2D eigenvalue weighted by Crippen LogP contribution is -2.41. The molecule has 15 atom stereocenters. The van der Waals surface area contributed by atoms with Gasteiger partial charge in [-0.15, -0.1) is 0 Å². The molecule has 15 rings (SSSR count). The molecule has 0 aromatic heterocycles. The number of aryl methyl sites for hydroxylation is 4. The van der Waals surface area contributed by atoms with Crippen molar-refractivity contribution in [3.63, 3.8) is 0 Å². The van der Waals surface area contributed by atoms with E-state index in [1.165, 1.54) is 81.6 Å². The van der Waals surface area contributed by atoms with Gasteiger partial charge in [0.25, 0.3) is 5.92 Å². The van der Waals surface area contributed by atoms with Crippen molar-refractivity contribution in [1.82, 2.24) is 4.90 Å². The summed E-state index contributed by atoms with van der Waals surface area (Å²) in [5, 5.41) is 0. The van der Waals surface area contributed by atoms with E-state index in [9.17, 15) is 45.1 Å². The minimum absolute atomic E-state index is 0.00856. The highest BCUT2D eigenvalue weighted by Gasteiger charge is 2.64. The van der Waals surface area contributed by atoms with Crippen LogP contribution in [0.5, 0.6) is 11.5 Å². The van der Waals surface area contributed by atoms with Crippen LogP contribution in [0.25, 0.3) is 0 Å². The number of carbonyl (C=O) groups is 3. The van der Waals surface area contributed by atoms with E-state index in [1.54, 1.807) is 20.8 Å². The van der Waals surface area contributed by atoms with Crippen molar-refractivity contribution in [3.8, 4) is 11.5 Å². The molecule has 119 heavy (non-hydrogen) atoms. The van der Waals surface area contributed by atoms with Gasteiger partial charge in [-0.3, -0.25) is 14.4 Å². The predicted octanol–water partition coefficient (Wildman–Crippen LogP) is 20.0. The molecule has 0 saturated carbocycles. The van der Waals surface area contributed by atoms with Crippen LogP contribution < -0.4 is 9.47 Å². The number of hydrogen-bond acceptors (Lipinski definition) is 15. The number of halogens is 7. The molecule has 9 fully saturated rings. The molecule has 0 aliphatic carbocycles. The highest BCUT2D eigenvalue weighted by atomic mass is 32.2. The Labute approximate surface area is 709 Å². The van der Waals surface area contributed by atoms with E-state index in [0.717, 1.165) is 101 Å². The van der Waals surface area contributed by atoms with Crippen molar-refractivity contribution < 1.29 is 97.2 Å². The maximum Gasteiger partial charge on any atom is 0.453 e. The summed E-state index contributed by atoms with van der Waals surface area (Å²) in [5.41, 5.74) is 3.96. The summed E-state index contributed by atoms with van der Waals surface area (Å²) in [6.07, 6.45) is 4.08. The van der Waals surface area contributed by atoms with E-state index in [0.29, 0.717) is 42.8 Å². The molecule has 6 aromatic rings. The Morgan fingerprint density at radius 3 is 1.00 bits per heavy atom. The fourth-order valence-electron chi connectivity index (χ4n) is 16.6. The second-order valence-corrected chi connectivity index (χ2v) is 38.8. The van der Waals surface area contributed by atoms with Gasteiger partial charge in [0.1, 0.15) is 47.1 Å². The number of fused-ring (bicyclic) bond motifs is 3. The van der Waals surface area contributed by atoms with Gasteiger partial charge in [-0.05, 0) is 175 Å². The number of ether oxygens (including phenoxy) is 11. The SMILES string of the molecule is CCC(=O)OC1C2CC3COC1C3O2.CCC(=O)OC1C2CC3COC1C3O2.CCC(=O)OC1C2CC3COC1C3O2.CCCC[S+](CCCC)CCCC.Cc1cc([S+](c2ccccc2)c2ccccc2)cc(C)c1OCCCC(F)(F)CC(F)(F)C(F)(F)F.Cc1cc([S+](c2ccccc2)c2ccccc2)cc(C)c1OCCCN(C)C. The Kier molecular flexibility index (Phi) is 36.1. The summed E-state index contributed by atoms with van der Waals surface area (Å²) in [4.78, 5) is 43.0. The molecule has 25 heteroatoms. The molecular weight excluding hydrogens is 1600 g/mol. The number of nitrogens with zero attached hydrogens (tertiary/aromatic N) is 1. The summed E-state index contributed by atoms with van der Waals surface area (Å²) in [7, 11) is 4.45. The first kappa shape index (κ1) is 94.9. The van der Waals surface area contributed by atoms with Crippen molar-refractivity contribution in [1.29, 1.82) is 0 Å². The number of carbonyl (C=O) groups excluding carboxylic acids is 3. The third-order valence-corrected chi connectivity index (χ3v) is 29.6. The maximum absolute atomic E-state index is 13.8. The fourth-order valence-corrected chi connectivity index (χ4v) is 23.9. The summed E-state index contributed by atoms with van der Waals surface area (Å²) in [6, 6.07) is 50.1. The predicted molar refractivity (Wildman–Crippen MR) is 453 cm³/mol. The number of benzene rings is 6. The first-order valence-electron chi connectivity index (χ1n) is 42.8. The van der Waals surface area contributed by atoms with Crippen LogP contribution in [0.4, 0.5) is 30.7 Å². The van der Waals surface area contributed by atoms with E-state index < -0.39 is 41.8 Å². The van der Waals surface area contributed by atoms with Crippen molar-refractivity contribution in [2.24, 2.45) is 17.8 Å². The van der Waals surface area contributed by atoms with Gasteiger partial charge >= 0.3 is 30.0 Å². The van der Waals surface area contributed by atoms with E-state index in [2.05, 4.69) is 126 Å². The van der Waals surface area contributed by atoms with Crippen molar-refractivity contribution >= 4 is 50.6 Å². The fraction of sp³-hybridized carbons (Fsp3) is 0.585. The third kappa shape index (κ3) is 25.7. The Bertz CT molecular complexity index is 3820. The lowest BCUT2D eigenvalue weighted by Gasteiger charge is -2.25. The molecule has 6 aromatic carbocycles. The first-order valence-corrected chi connectivity index (χ1v) is 47.0. The number of esters is 3. The smallest absolute Gasteiger partial charge is 0.453 e. The van der Waals surface area contributed by atoms with Gasteiger partial charge in [0, 0.05) is 74.2 Å². The summed E-state index contributed by atoms with van der Waals surface area (Å²) < 4.78 is 152. The molecule has 0 N–H and O–H groups in total. The second kappa shape index (κ2) is 45.3. The van der Waals surface area contributed by atoms with Gasteiger partial charge < -0.3 is 57.0 Å². The maximum atomic E-state index is 13.8. The molecule has 0 spiro atoms. The normalized spacial score (nSPS) is 24.8. The van der Waals surface area contributed by atoms with E-state index in [-0.39, 0.29) is 115 Å². The molecule has 654 valence electrons. The minimum Gasteiger partial charge on any atom is -0.493 e. The van der Waals surface area contributed by atoms with Gasteiger partial charge in [0.15, 0.2) is 47.7 Å². The standard InChI is InChI=1S/C27H26F7OS.C25H30NOS.C12H27S.3C10H14O4/c1-19-16-23(36(21-10-5-3-6-11-21)22-12-7-4-8-13-22)17-20(2)24(19)35-15-9-14-25(28,29)18-26(30,31)27(32,33)34;1-20-18-24(19-21(2)25(20)27-17-11-16-26(3)4)28(22-12-7-5-8-13-22)23-14-9-6-10-15-23;1-4-7-10-13(11-8-5-2)12-9-6-3;3*1-2-7(11)14-9-6-3-5-4-12-10(9)8(5)13-6/h3-8,10-13,16-17H,9,14-15,18H2,1-2H3;5-10,12-15,18-19H,11,16-17H2,1-4H3;4-12H2,1-3H3;3*5-6,8-10H,2-4H2,1H3/q3*+1;;;. The van der Waals surface area contributed by atoms with Crippen molar-refractivity contribution in [3.05, 3.63) is 168 Å². The summed E-state index contributed by atoms with van der Waals surface area (Å²) in [6.45, 7) is 24.2. The van der Waals surface area contributed by atoms with Crippen LogP contribution in [0.15, 0.2) is 175 Å². The Balaban J connectivity index is 0.000000158. The average molecular weight is 1720 g/mol. The molecule has 9 aliphatic heterocycles. The van der Waals surface area contributed by atoms with E-state index >= 15 is 0 Å². The molecule has 9 aliphatic rings. The lowest BCUT2D eigenvalue weighted by molar-refractivity contribution is -0.301. The Morgan fingerprint density at radius 1 is 0.420 bits per heavy atom. The van der Waals surface area contributed by atoms with E-state index in [4.69, 9.17) is 52.1 Å². The molecule has 0 amide bonds. The zero-order valence-electron chi connectivity index (χ0n) is 71.2. The molecule has 0 radical (unpaired) electrons. The zero-order valence-corrected chi connectivity index (χ0v) is 73.7. The number of alkyl halides is 7. The summed E-state index contributed by atoms with van der Waals surface area (Å²) >= 11 is 0. The van der Waals surface area contributed by atoms with Crippen LogP contribution >= 0.6 is 0 Å². The molecule has 9 saturated heterocycles. The van der Waals surface area contributed by atoms with Crippen LogP contribution in [-0.2, 0) is 89.7 Å². The van der Waals surface area contributed by atoms with Crippen LogP contribution in [0, 0.1) is 45.4 Å². The van der Waals surface area contributed by atoms with Crippen LogP contribution in [-0.4, -0.2) is 185 Å². The Hall–Kier alpha value is -6.39. The van der Waals surface area contributed by atoms with Gasteiger partial charge in [0.05, 0.1) is 97.9 Å². The van der Waals surface area contributed by atoms with Crippen molar-refractivity contribution in [2.75, 3.05) is 70.9 Å². The van der Waals surface area contributed by atoms with Gasteiger partial charge in [0.2, 0.25) is 0 Å². The summed E-state index contributed by atoms with van der Waals surface area (Å²) in [5.74, 6) is -2.41. The molecule has 15 unspecified atom stereocenters. The monoisotopic (exact) mass is 1720 g/mol. The highest BCUT2D eigenvalue weighted by Crippen LogP contribution is 2.50. The topological polar surface area (TPSA) is 156 Å². The van der Waals surface area contributed by atoms with Crippen LogP contribution in [0.3, 0.4) is 0 Å². The molecule has 15 nitrogen and oxygen atoms in total. The zero-order chi connectivity index (χ0) is 85.6. The number of unbranched alkanes of at least 4 members (excludes halogenated alkanes) is 3. The molecule has 9 heterocycles. The largest absolute Gasteiger partial charge is 0.493 e. The van der Waals surface area contributed by atoms with Gasteiger partial charge in [-0.25, -0.2) is 8.78 Å². The molecule has 6 bridgehead atoms. The van der Waals surface area contributed by atoms with Crippen molar-refractivity contribution in [2.45, 2.75) is 293 Å². The van der Waals surface area contributed by atoms with Gasteiger partial charge in [-0.1, -0.05) is 134 Å². The van der Waals surface area contributed by atoms with E-state index in [1.807, 2.05) is 86.6 Å².